The van der Waals surface area contributed by atoms with Gasteiger partial charge in [0, 0.05) is 6.54 Å². The summed E-state index contributed by atoms with van der Waals surface area (Å²) in [5, 5.41) is 8.38. The molecule has 6 heteroatoms. The van der Waals surface area contributed by atoms with Gasteiger partial charge in [-0.1, -0.05) is 29.7 Å². The standard InChI is InChI=1S/C9H10ClN5/c10-8-7-9(12-5-11-8)15(14-13-7)4-3-6-1-2-6/h5-6H,1-4H2. The average Bonchev–Trinajstić information content (AvgIpc) is 2.97. The second-order valence-corrected chi connectivity index (χ2v) is 4.24. The number of rotatable bonds is 3. The van der Waals surface area contributed by atoms with Crippen LogP contribution in [-0.4, -0.2) is 25.0 Å². The van der Waals surface area contributed by atoms with Crippen LogP contribution in [0.15, 0.2) is 6.33 Å². The lowest BCUT2D eigenvalue weighted by atomic mass is 10.3. The van der Waals surface area contributed by atoms with Gasteiger partial charge < -0.3 is 0 Å². The summed E-state index contributed by atoms with van der Waals surface area (Å²) in [5.74, 6) is 0.876. The minimum absolute atomic E-state index is 0.373. The van der Waals surface area contributed by atoms with Crippen LogP contribution in [0.5, 0.6) is 0 Å². The molecule has 0 radical (unpaired) electrons. The van der Waals surface area contributed by atoms with Crippen LogP contribution in [0.3, 0.4) is 0 Å². The molecule has 1 aliphatic rings. The maximum Gasteiger partial charge on any atom is 0.183 e. The summed E-state index contributed by atoms with van der Waals surface area (Å²) in [6.45, 7) is 0.870. The molecule has 0 aromatic carbocycles. The lowest BCUT2D eigenvalue weighted by molar-refractivity contribution is 0.541. The molecule has 0 atom stereocenters. The summed E-state index contributed by atoms with van der Waals surface area (Å²) < 4.78 is 1.81. The largest absolute Gasteiger partial charge is 0.227 e. The Bertz CT molecular complexity index is 490. The zero-order valence-corrected chi connectivity index (χ0v) is 8.85. The van der Waals surface area contributed by atoms with Crippen molar-refractivity contribution in [3.8, 4) is 0 Å². The van der Waals surface area contributed by atoms with Crippen LogP contribution < -0.4 is 0 Å². The van der Waals surface area contributed by atoms with E-state index in [9.17, 15) is 0 Å². The fraction of sp³-hybridized carbons (Fsp3) is 0.556. The number of hydrogen-bond donors (Lipinski definition) is 0. The van der Waals surface area contributed by atoms with Crippen LogP contribution in [0, 0.1) is 5.92 Å². The van der Waals surface area contributed by atoms with Crippen molar-refractivity contribution in [1.82, 2.24) is 25.0 Å². The minimum atomic E-state index is 0.373. The Kier molecular flexibility index (Phi) is 2.05. The molecule has 1 fully saturated rings. The van der Waals surface area contributed by atoms with E-state index in [2.05, 4.69) is 20.3 Å². The SMILES string of the molecule is Clc1ncnc2c1nnn2CCC1CC1. The molecule has 0 saturated heterocycles. The lowest BCUT2D eigenvalue weighted by Gasteiger charge is -1.99. The third kappa shape index (κ3) is 1.67. The third-order valence-electron chi connectivity index (χ3n) is 2.70. The fourth-order valence-corrected chi connectivity index (χ4v) is 1.79. The highest BCUT2D eigenvalue weighted by atomic mass is 35.5. The molecule has 2 aromatic rings. The van der Waals surface area contributed by atoms with E-state index in [1.807, 2.05) is 0 Å². The Hall–Kier alpha value is -1.23. The average molecular weight is 224 g/mol. The lowest BCUT2D eigenvalue weighted by Crippen LogP contribution is -2.02. The highest BCUT2D eigenvalue weighted by Crippen LogP contribution is 2.32. The highest BCUT2D eigenvalue weighted by molar-refractivity contribution is 6.33. The van der Waals surface area contributed by atoms with E-state index in [0.29, 0.717) is 10.7 Å². The van der Waals surface area contributed by atoms with E-state index >= 15 is 0 Å². The molecule has 2 heterocycles. The second-order valence-electron chi connectivity index (χ2n) is 3.88. The molecule has 0 unspecified atom stereocenters. The first kappa shape index (κ1) is 9.03. The molecule has 2 aromatic heterocycles. The number of hydrogen-bond acceptors (Lipinski definition) is 4. The van der Waals surface area contributed by atoms with Crippen molar-refractivity contribution in [2.45, 2.75) is 25.8 Å². The minimum Gasteiger partial charge on any atom is -0.227 e. The molecular formula is C9H10ClN5. The van der Waals surface area contributed by atoms with Crippen molar-refractivity contribution < 1.29 is 0 Å². The van der Waals surface area contributed by atoms with Crippen molar-refractivity contribution in [1.29, 1.82) is 0 Å². The molecule has 78 valence electrons. The van der Waals surface area contributed by atoms with E-state index in [4.69, 9.17) is 11.6 Å². The summed E-state index contributed by atoms with van der Waals surface area (Å²) >= 11 is 5.88. The molecule has 3 rings (SSSR count). The topological polar surface area (TPSA) is 56.5 Å². The Morgan fingerprint density at radius 2 is 2.27 bits per heavy atom. The Balaban J connectivity index is 1.92. The normalized spacial score (nSPS) is 16.1. The van der Waals surface area contributed by atoms with Gasteiger partial charge in [0.25, 0.3) is 0 Å². The van der Waals surface area contributed by atoms with Crippen LogP contribution in [-0.2, 0) is 6.54 Å². The molecule has 0 aliphatic heterocycles. The van der Waals surface area contributed by atoms with Crippen molar-refractivity contribution in [2.75, 3.05) is 0 Å². The molecule has 1 aliphatic carbocycles. The van der Waals surface area contributed by atoms with Crippen molar-refractivity contribution >= 4 is 22.8 Å². The van der Waals surface area contributed by atoms with Gasteiger partial charge in [-0.2, -0.15) is 0 Å². The number of nitrogens with zero attached hydrogens (tertiary/aromatic N) is 5. The monoisotopic (exact) mass is 223 g/mol. The first-order valence-electron chi connectivity index (χ1n) is 5.04. The molecule has 0 bridgehead atoms. The molecule has 0 spiro atoms. The predicted octanol–water partition coefficient (Wildman–Crippen LogP) is 1.67. The Morgan fingerprint density at radius 3 is 3.07 bits per heavy atom. The predicted molar refractivity (Wildman–Crippen MR) is 55.5 cm³/mol. The number of aromatic nitrogens is 5. The van der Waals surface area contributed by atoms with Gasteiger partial charge in [-0.05, 0) is 12.3 Å². The zero-order chi connectivity index (χ0) is 10.3. The molecular weight excluding hydrogens is 214 g/mol. The third-order valence-corrected chi connectivity index (χ3v) is 2.98. The molecule has 0 N–H and O–H groups in total. The molecule has 0 amide bonds. The maximum atomic E-state index is 5.88. The first-order valence-corrected chi connectivity index (χ1v) is 5.42. The van der Waals surface area contributed by atoms with E-state index < -0.39 is 0 Å². The van der Waals surface area contributed by atoms with E-state index in [0.717, 1.165) is 24.5 Å². The van der Waals surface area contributed by atoms with Crippen molar-refractivity contribution in [2.24, 2.45) is 5.92 Å². The second kappa shape index (κ2) is 3.41. The number of aryl methyl sites for hydroxylation is 1. The quantitative estimate of drug-likeness (QED) is 0.743. The van der Waals surface area contributed by atoms with Gasteiger partial charge in [-0.25, -0.2) is 14.6 Å². The Labute approximate surface area is 91.5 Å². The Morgan fingerprint density at radius 1 is 1.40 bits per heavy atom. The van der Waals surface area contributed by atoms with Gasteiger partial charge in [0.1, 0.15) is 6.33 Å². The van der Waals surface area contributed by atoms with Crippen molar-refractivity contribution in [3.05, 3.63) is 11.5 Å². The summed E-state index contributed by atoms with van der Waals surface area (Å²) in [7, 11) is 0. The van der Waals surface area contributed by atoms with Gasteiger partial charge in [-0.3, -0.25) is 0 Å². The van der Waals surface area contributed by atoms with Gasteiger partial charge in [0.15, 0.2) is 16.3 Å². The van der Waals surface area contributed by atoms with Crippen molar-refractivity contribution in [3.63, 3.8) is 0 Å². The van der Waals surface area contributed by atoms with Crippen LogP contribution in [0.25, 0.3) is 11.2 Å². The summed E-state index contributed by atoms with van der Waals surface area (Å²) in [6, 6.07) is 0. The van der Waals surface area contributed by atoms with Crippen LogP contribution in [0.4, 0.5) is 0 Å². The van der Waals surface area contributed by atoms with E-state index in [1.165, 1.54) is 19.2 Å². The number of halogens is 1. The summed E-state index contributed by atoms with van der Waals surface area (Å²) in [6.07, 6.45) is 5.30. The molecule has 1 saturated carbocycles. The first-order chi connectivity index (χ1) is 7.34. The van der Waals surface area contributed by atoms with Gasteiger partial charge in [0.05, 0.1) is 0 Å². The number of fused-ring (bicyclic) bond motifs is 1. The fourth-order valence-electron chi connectivity index (χ4n) is 1.63. The van der Waals surface area contributed by atoms with Gasteiger partial charge >= 0.3 is 0 Å². The summed E-state index contributed by atoms with van der Waals surface area (Å²) in [5.41, 5.74) is 1.32. The van der Waals surface area contributed by atoms with E-state index in [1.54, 1.807) is 4.68 Å². The van der Waals surface area contributed by atoms with E-state index in [-0.39, 0.29) is 0 Å². The van der Waals surface area contributed by atoms with Crippen LogP contribution in [0.1, 0.15) is 19.3 Å². The highest BCUT2D eigenvalue weighted by Gasteiger charge is 2.21. The van der Waals surface area contributed by atoms with Crippen LogP contribution in [0.2, 0.25) is 5.15 Å². The smallest absolute Gasteiger partial charge is 0.183 e. The zero-order valence-electron chi connectivity index (χ0n) is 8.10. The maximum absolute atomic E-state index is 5.88. The van der Waals surface area contributed by atoms with Gasteiger partial charge in [-0.15, -0.1) is 5.10 Å². The van der Waals surface area contributed by atoms with Crippen LogP contribution >= 0.6 is 11.6 Å². The summed E-state index contributed by atoms with van der Waals surface area (Å²) in [4.78, 5) is 8.01. The van der Waals surface area contributed by atoms with Gasteiger partial charge in [0.2, 0.25) is 0 Å². The molecule has 15 heavy (non-hydrogen) atoms. The molecule has 5 nitrogen and oxygen atoms in total.